The summed E-state index contributed by atoms with van der Waals surface area (Å²) in [5.74, 6) is -0.208. The van der Waals surface area contributed by atoms with Gasteiger partial charge in [-0.25, -0.2) is 8.42 Å². The van der Waals surface area contributed by atoms with E-state index in [9.17, 15) is 18.0 Å². The van der Waals surface area contributed by atoms with Crippen LogP contribution in [0.3, 0.4) is 0 Å². The number of nitrogens with one attached hydrogen (secondary N) is 1. The van der Waals surface area contributed by atoms with Gasteiger partial charge in [0.15, 0.2) is 0 Å². The summed E-state index contributed by atoms with van der Waals surface area (Å²) in [7, 11) is -2.29. The van der Waals surface area contributed by atoms with Crippen molar-refractivity contribution in [2.45, 2.75) is 39.5 Å². The van der Waals surface area contributed by atoms with E-state index in [1.54, 1.807) is 24.3 Å². The molecule has 3 aromatic carbocycles. The summed E-state index contributed by atoms with van der Waals surface area (Å²) < 4.78 is 32.4. The maximum atomic E-state index is 13.6. The molecule has 0 unspecified atom stereocenters. The number of hydrogen-bond donors (Lipinski definition) is 1. The van der Waals surface area contributed by atoms with Gasteiger partial charge in [0.2, 0.25) is 21.8 Å². The minimum atomic E-state index is -3.81. The Morgan fingerprint density at radius 1 is 0.947 bits per heavy atom. The molecule has 0 radical (unpaired) electrons. The van der Waals surface area contributed by atoms with Crippen molar-refractivity contribution < 1.29 is 22.7 Å². The quantitative estimate of drug-likeness (QED) is 0.378. The molecule has 0 aliphatic heterocycles. The van der Waals surface area contributed by atoms with Crippen molar-refractivity contribution in [3.05, 3.63) is 95.6 Å². The van der Waals surface area contributed by atoms with E-state index in [1.165, 1.54) is 11.9 Å². The summed E-state index contributed by atoms with van der Waals surface area (Å²) in [4.78, 5) is 27.7. The Kier molecular flexibility index (Phi) is 9.90. The molecule has 0 heterocycles. The number of benzene rings is 3. The maximum absolute atomic E-state index is 13.6. The van der Waals surface area contributed by atoms with Crippen LogP contribution in [0.2, 0.25) is 0 Å². The van der Waals surface area contributed by atoms with Crippen LogP contribution < -0.4 is 14.4 Å². The van der Waals surface area contributed by atoms with Crippen molar-refractivity contribution in [3.63, 3.8) is 0 Å². The molecular weight excluding hydrogens is 502 g/mol. The first-order chi connectivity index (χ1) is 18.1. The standard InChI is InChI=1S/C29H35N3O5S/c1-5-27(29(34)30-3)31(19-24-13-9-10-22(2)18-24)28(33)20-32(38(4,35)36)25-14-16-26(17-15-25)37-21-23-11-7-6-8-12-23/h6-18,27H,5,19-21H2,1-4H3,(H,30,34)/t27-/m0/s1. The predicted molar refractivity (Wildman–Crippen MR) is 149 cm³/mol. The van der Waals surface area contributed by atoms with Gasteiger partial charge in [0.05, 0.1) is 11.9 Å². The summed E-state index contributed by atoms with van der Waals surface area (Å²) in [6, 6.07) is 23.2. The van der Waals surface area contributed by atoms with Crippen LogP contribution in [0.4, 0.5) is 5.69 Å². The highest BCUT2D eigenvalue weighted by Gasteiger charge is 2.31. The Labute approximate surface area is 225 Å². The lowest BCUT2D eigenvalue weighted by atomic mass is 10.1. The van der Waals surface area contributed by atoms with Crippen LogP contribution >= 0.6 is 0 Å². The number of ether oxygens (including phenoxy) is 1. The molecule has 0 saturated heterocycles. The molecule has 8 nitrogen and oxygen atoms in total. The molecule has 38 heavy (non-hydrogen) atoms. The Hall–Kier alpha value is -3.85. The SMILES string of the molecule is CC[C@@H](C(=O)NC)N(Cc1cccc(C)c1)C(=O)CN(c1ccc(OCc2ccccc2)cc1)S(C)(=O)=O. The topological polar surface area (TPSA) is 96.0 Å². The summed E-state index contributed by atoms with van der Waals surface area (Å²) in [5, 5.41) is 2.62. The second kappa shape index (κ2) is 13.1. The van der Waals surface area contributed by atoms with Gasteiger partial charge < -0.3 is 15.0 Å². The monoisotopic (exact) mass is 537 g/mol. The van der Waals surface area contributed by atoms with E-state index in [0.717, 1.165) is 27.3 Å². The molecule has 0 spiro atoms. The number of anilines is 1. The van der Waals surface area contributed by atoms with Crippen LogP contribution in [0.25, 0.3) is 0 Å². The summed E-state index contributed by atoms with van der Waals surface area (Å²) in [6.07, 6.45) is 1.44. The number of sulfonamides is 1. The highest BCUT2D eigenvalue weighted by molar-refractivity contribution is 7.92. The summed E-state index contributed by atoms with van der Waals surface area (Å²) >= 11 is 0. The van der Waals surface area contributed by atoms with Gasteiger partial charge in [-0.2, -0.15) is 0 Å². The fourth-order valence-corrected chi connectivity index (χ4v) is 5.01. The molecule has 0 aromatic heterocycles. The Bertz CT molecular complexity index is 1330. The van der Waals surface area contributed by atoms with Gasteiger partial charge in [-0.1, -0.05) is 67.1 Å². The number of carbonyl (C=O) groups excluding carboxylic acids is 2. The number of carbonyl (C=O) groups is 2. The zero-order valence-corrected chi connectivity index (χ0v) is 23.1. The zero-order valence-electron chi connectivity index (χ0n) is 22.3. The second-order valence-electron chi connectivity index (χ2n) is 9.09. The lowest BCUT2D eigenvalue weighted by Crippen LogP contribution is -2.51. The number of nitrogens with zero attached hydrogens (tertiary/aromatic N) is 2. The molecular formula is C29H35N3O5S. The molecule has 1 atom stereocenters. The summed E-state index contributed by atoms with van der Waals surface area (Å²) in [5.41, 5.74) is 3.22. The minimum absolute atomic E-state index is 0.177. The van der Waals surface area contributed by atoms with Crippen molar-refractivity contribution in [2.75, 3.05) is 24.2 Å². The van der Waals surface area contributed by atoms with E-state index in [2.05, 4.69) is 5.32 Å². The predicted octanol–water partition coefficient (Wildman–Crippen LogP) is 3.89. The molecule has 0 aliphatic rings. The third-order valence-electron chi connectivity index (χ3n) is 6.12. The molecule has 0 bridgehead atoms. The van der Waals surface area contributed by atoms with Crippen molar-refractivity contribution >= 4 is 27.5 Å². The van der Waals surface area contributed by atoms with Gasteiger partial charge >= 0.3 is 0 Å². The molecule has 202 valence electrons. The lowest BCUT2D eigenvalue weighted by molar-refractivity contribution is -0.140. The van der Waals surface area contributed by atoms with Crippen LogP contribution in [0.15, 0.2) is 78.9 Å². The Morgan fingerprint density at radius 3 is 2.18 bits per heavy atom. The second-order valence-corrected chi connectivity index (χ2v) is 11.0. The number of aryl methyl sites for hydroxylation is 1. The van der Waals surface area contributed by atoms with Crippen LogP contribution in [0.1, 0.15) is 30.0 Å². The van der Waals surface area contributed by atoms with Crippen molar-refractivity contribution in [3.8, 4) is 5.75 Å². The van der Waals surface area contributed by atoms with E-state index in [-0.39, 0.29) is 12.5 Å². The first-order valence-electron chi connectivity index (χ1n) is 12.4. The molecule has 0 fully saturated rings. The van der Waals surface area contributed by atoms with Crippen molar-refractivity contribution in [1.29, 1.82) is 0 Å². The van der Waals surface area contributed by atoms with Gasteiger partial charge in [-0.3, -0.25) is 13.9 Å². The van der Waals surface area contributed by atoms with Gasteiger partial charge in [0.1, 0.15) is 24.9 Å². The fraction of sp³-hybridized carbons (Fsp3) is 0.310. The van der Waals surface area contributed by atoms with Gasteiger partial charge in [0, 0.05) is 13.6 Å². The van der Waals surface area contributed by atoms with Crippen LogP contribution in [0, 0.1) is 6.92 Å². The van der Waals surface area contributed by atoms with Gasteiger partial charge in [-0.05, 0) is 48.7 Å². The van der Waals surface area contributed by atoms with Crippen molar-refractivity contribution in [2.24, 2.45) is 0 Å². The molecule has 1 N–H and O–H groups in total. The third kappa shape index (κ3) is 7.82. The highest BCUT2D eigenvalue weighted by atomic mass is 32.2. The molecule has 3 aromatic rings. The highest BCUT2D eigenvalue weighted by Crippen LogP contribution is 2.23. The van der Waals surface area contributed by atoms with Crippen LogP contribution in [-0.2, 0) is 32.8 Å². The molecule has 3 rings (SSSR count). The normalized spacial score (nSPS) is 11.9. The van der Waals surface area contributed by atoms with E-state index in [1.807, 2.05) is 68.4 Å². The Morgan fingerprint density at radius 2 is 1.61 bits per heavy atom. The smallest absolute Gasteiger partial charge is 0.244 e. The van der Waals surface area contributed by atoms with Crippen LogP contribution in [0.5, 0.6) is 5.75 Å². The van der Waals surface area contributed by atoms with E-state index in [0.29, 0.717) is 24.5 Å². The molecule has 0 aliphatic carbocycles. The number of rotatable bonds is 12. The average Bonchev–Trinajstić information content (AvgIpc) is 2.90. The van der Waals surface area contributed by atoms with Gasteiger partial charge in [0.25, 0.3) is 0 Å². The van der Waals surface area contributed by atoms with E-state index >= 15 is 0 Å². The molecule has 9 heteroatoms. The lowest BCUT2D eigenvalue weighted by Gasteiger charge is -2.32. The number of hydrogen-bond acceptors (Lipinski definition) is 5. The van der Waals surface area contributed by atoms with Crippen LogP contribution in [-0.4, -0.2) is 51.0 Å². The first kappa shape index (κ1) is 28.7. The van der Waals surface area contributed by atoms with Gasteiger partial charge in [-0.15, -0.1) is 0 Å². The first-order valence-corrected chi connectivity index (χ1v) is 14.3. The number of likely N-dealkylation sites (N-methyl/N-ethyl adjacent to an activating group) is 1. The largest absolute Gasteiger partial charge is 0.489 e. The Balaban J connectivity index is 1.83. The molecule has 2 amide bonds. The average molecular weight is 538 g/mol. The summed E-state index contributed by atoms with van der Waals surface area (Å²) in [6.45, 7) is 3.88. The molecule has 0 saturated carbocycles. The van der Waals surface area contributed by atoms with E-state index < -0.39 is 28.5 Å². The van der Waals surface area contributed by atoms with E-state index in [4.69, 9.17) is 4.74 Å². The van der Waals surface area contributed by atoms with Crippen molar-refractivity contribution in [1.82, 2.24) is 10.2 Å². The minimum Gasteiger partial charge on any atom is -0.489 e. The maximum Gasteiger partial charge on any atom is 0.244 e. The fourth-order valence-electron chi connectivity index (χ4n) is 4.16. The number of amides is 2. The third-order valence-corrected chi connectivity index (χ3v) is 7.26. The zero-order chi connectivity index (χ0) is 27.7.